The molecule has 262 valence electrons. The molecule has 4 unspecified atom stereocenters. The van der Waals surface area contributed by atoms with Gasteiger partial charge in [0.15, 0.2) is 0 Å². The molecule has 10 nitrogen and oxygen atoms in total. The lowest BCUT2D eigenvalue weighted by Crippen LogP contribution is -2.75. The number of hydrogen-bond donors (Lipinski definition) is 4. The molecule has 1 aliphatic heterocycles. The average molecular weight is 795 g/mol. The summed E-state index contributed by atoms with van der Waals surface area (Å²) in [5.41, 5.74) is 0. The molecule has 1 aliphatic rings. The topological polar surface area (TPSA) is 136 Å². The fraction of sp³-hybridized carbons (Fsp3) is 0. The minimum Gasteiger partial charge on any atom is -0.387 e. The van der Waals surface area contributed by atoms with Gasteiger partial charge in [0.1, 0.15) is 0 Å². The van der Waals surface area contributed by atoms with Crippen LogP contribution in [0.5, 0.6) is 0 Å². The van der Waals surface area contributed by atoms with E-state index in [1.807, 2.05) is 12.1 Å². The van der Waals surface area contributed by atoms with Gasteiger partial charge in [-0.05, 0) is 10.4 Å². The smallest absolute Gasteiger partial charge is 0.387 e. The molecule has 16 heteroatoms. The Hall–Kier alpha value is -3.78. The number of benzene rings is 6. The maximum Gasteiger partial charge on any atom is 0.518 e. The van der Waals surface area contributed by atoms with Gasteiger partial charge in [0, 0.05) is 20.7 Å². The lowest BCUT2D eigenvalue weighted by Gasteiger charge is -2.41. The number of hydrogen-bond acceptors (Lipinski definition) is 10. The Morgan fingerprint density at radius 2 is 0.481 bits per heavy atom. The Morgan fingerprint density at radius 1 is 0.288 bits per heavy atom. The van der Waals surface area contributed by atoms with E-state index in [2.05, 4.69) is 0 Å². The average Bonchev–Trinajstić information content (AvgIpc) is 3.19. The largest absolute Gasteiger partial charge is 0.518 e. The highest BCUT2D eigenvalue weighted by molar-refractivity contribution is 6.97. The lowest BCUT2D eigenvalue weighted by atomic mass is 10.4. The molecule has 0 spiro atoms. The van der Waals surface area contributed by atoms with E-state index in [0.717, 1.165) is 0 Å². The second-order valence-electron chi connectivity index (χ2n) is 11.7. The van der Waals surface area contributed by atoms with E-state index in [0.29, 0.717) is 10.4 Å². The van der Waals surface area contributed by atoms with E-state index < -0.39 is 53.8 Å². The van der Waals surface area contributed by atoms with Gasteiger partial charge in [-0.2, -0.15) is 0 Å². The number of rotatable bonds is 6. The van der Waals surface area contributed by atoms with Gasteiger partial charge in [0.05, 0.1) is 0 Å². The summed E-state index contributed by atoms with van der Waals surface area (Å²) in [4.78, 5) is 51.2. The van der Waals surface area contributed by atoms with Gasteiger partial charge < -0.3 is 43.9 Å². The Kier molecular flexibility index (Phi) is 11.0. The van der Waals surface area contributed by atoms with E-state index >= 15 is 0 Å². The summed E-state index contributed by atoms with van der Waals surface area (Å²) in [6, 6.07) is 51.6. The molecule has 0 bridgehead atoms. The van der Waals surface area contributed by atoms with Crippen LogP contribution >= 0.6 is 0 Å². The van der Waals surface area contributed by atoms with Crippen LogP contribution in [0.25, 0.3) is 0 Å². The molecule has 1 heterocycles. The molecule has 0 saturated carbocycles. The molecule has 6 aromatic carbocycles. The summed E-state index contributed by atoms with van der Waals surface area (Å²) in [6.45, 7) is 0. The van der Waals surface area contributed by atoms with Gasteiger partial charge in [0.2, 0.25) is 0 Å². The van der Waals surface area contributed by atoms with Gasteiger partial charge in [-0.3, -0.25) is 0 Å². The lowest BCUT2D eigenvalue weighted by molar-refractivity contribution is 0.144. The molecule has 2 radical (unpaired) electrons. The molecular formula is C36H34O10Si6. The van der Waals surface area contributed by atoms with Crippen molar-refractivity contribution >= 4 is 84.9 Å². The molecular weight excluding hydrogens is 761 g/mol. The monoisotopic (exact) mass is 794 g/mol. The molecule has 0 amide bonds. The van der Waals surface area contributed by atoms with E-state index in [1.165, 1.54) is 0 Å². The Labute approximate surface area is 309 Å². The second-order valence-corrected chi connectivity index (χ2v) is 25.9. The van der Waals surface area contributed by atoms with Crippen LogP contribution in [0.2, 0.25) is 0 Å². The summed E-state index contributed by atoms with van der Waals surface area (Å²) in [5.74, 6) is 0. The highest BCUT2D eigenvalue weighted by atomic mass is 28.5. The minimum atomic E-state index is -4.77. The van der Waals surface area contributed by atoms with Crippen LogP contribution in [0.4, 0.5) is 0 Å². The molecule has 52 heavy (non-hydrogen) atoms. The zero-order chi connectivity index (χ0) is 36.1. The van der Waals surface area contributed by atoms with E-state index in [-0.39, 0.29) is 20.7 Å². The third-order valence-corrected chi connectivity index (χ3v) is 25.7. The highest BCUT2D eigenvalue weighted by Gasteiger charge is 2.61. The van der Waals surface area contributed by atoms with Crippen LogP contribution in [-0.4, -0.2) is 73.0 Å². The highest BCUT2D eigenvalue weighted by Crippen LogP contribution is 2.23. The molecule has 7 rings (SSSR count). The van der Waals surface area contributed by atoms with Crippen LogP contribution in [0, 0.1) is 0 Å². The maximum atomic E-state index is 12.8. The first-order valence-electron chi connectivity index (χ1n) is 16.3. The first-order chi connectivity index (χ1) is 25.2. The van der Waals surface area contributed by atoms with Crippen LogP contribution in [0.1, 0.15) is 0 Å². The third-order valence-electron chi connectivity index (χ3n) is 8.05. The van der Waals surface area contributed by atoms with E-state index in [9.17, 15) is 19.2 Å². The van der Waals surface area contributed by atoms with Crippen molar-refractivity contribution in [3.8, 4) is 0 Å². The Balaban J connectivity index is 1.49. The quantitative estimate of drug-likeness (QED) is 0.174. The second kappa shape index (κ2) is 15.7. The van der Waals surface area contributed by atoms with Gasteiger partial charge in [-0.15, -0.1) is 0 Å². The van der Waals surface area contributed by atoms with Crippen molar-refractivity contribution in [1.82, 2.24) is 0 Å². The standard InChI is InChI=1S/C36H34O10Si6/c37-49(33-23-11-3-12-24-33)41-47(31-19-7-1-8-20-31)42-50(38,34-25-13-4-14-26-34)46-52(40,36-29-17-6-18-30-36)44-48(32-21-9-2-10-22-32)43-51(39,45-49)35-27-15-5-16-28-35/h1-30,37-40H. The van der Waals surface area contributed by atoms with Crippen molar-refractivity contribution in [3.63, 3.8) is 0 Å². The van der Waals surface area contributed by atoms with Crippen LogP contribution in [-0.2, 0) is 24.7 Å². The Bertz CT molecular complexity index is 1780. The summed E-state index contributed by atoms with van der Waals surface area (Å²) in [5, 5.41) is 2.02. The first kappa shape index (κ1) is 36.6. The minimum absolute atomic E-state index is 0.259. The molecule has 1 fully saturated rings. The van der Waals surface area contributed by atoms with Gasteiger partial charge in [0.25, 0.3) is 0 Å². The zero-order valence-corrected chi connectivity index (χ0v) is 33.6. The summed E-state index contributed by atoms with van der Waals surface area (Å²) >= 11 is 0. The van der Waals surface area contributed by atoms with Gasteiger partial charge in [-0.25, -0.2) is 0 Å². The van der Waals surface area contributed by atoms with Crippen molar-refractivity contribution in [2.45, 2.75) is 0 Å². The summed E-state index contributed by atoms with van der Waals surface area (Å²) in [6.07, 6.45) is 0. The van der Waals surface area contributed by atoms with Crippen LogP contribution < -0.4 is 31.1 Å². The van der Waals surface area contributed by atoms with E-state index in [1.54, 1.807) is 170 Å². The van der Waals surface area contributed by atoms with Crippen LogP contribution in [0.3, 0.4) is 0 Å². The van der Waals surface area contributed by atoms with Gasteiger partial charge >= 0.3 is 53.8 Å². The molecule has 4 N–H and O–H groups in total. The first-order valence-corrected chi connectivity index (χ1v) is 26.0. The fourth-order valence-electron chi connectivity index (χ4n) is 5.45. The van der Waals surface area contributed by atoms with Gasteiger partial charge in [-0.1, -0.05) is 182 Å². The predicted octanol–water partition coefficient (Wildman–Crippen LogP) is 0.244. The van der Waals surface area contributed by atoms with Crippen molar-refractivity contribution in [3.05, 3.63) is 182 Å². The van der Waals surface area contributed by atoms with Crippen molar-refractivity contribution in [1.29, 1.82) is 0 Å². The SMILES string of the molecule is O[Si]1(c2ccccc2)O[Si](c2ccccc2)O[Si](O)(c2ccccc2)O[Si](O)(c2ccccc2)O[Si](c2ccccc2)O[Si](O)(c2ccccc2)O1. The molecule has 1 saturated heterocycles. The third kappa shape index (κ3) is 8.07. The zero-order valence-electron chi connectivity index (χ0n) is 27.6. The summed E-state index contributed by atoms with van der Waals surface area (Å²) < 4.78 is 39.9. The van der Waals surface area contributed by atoms with Crippen molar-refractivity contribution in [2.24, 2.45) is 0 Å². The molecule has 0 aliphatic carbocycles. The van der Waals surface area contributed by atoms with E-state index in [4.69, 9.17) is 24.7 Å². The molecule has 4 atom stereocenters. The van der Waals surface area contributed by atoms with Crippen LogP contribution in [0.15, 0.2) is 182 Å². The normalized spacial score (nSPS) is 26.5. The summed E-state index contributed by atoms with van der Waals surface area (Å²) in [7, 11) is -25.1. The van der Waals surface area contributed by atoms with Crippen molar-refractivity contribution < 1.29 is 43.9 Å². The fourth-order valence-corrected chi connectivity index (χ4v) is 24.8. The predicted molar refractivity (Wildman–Crippen MR) is 206 cm³/mol. The molecule has 6 aromatic rings. The maximum absolute atomic E-state index is 12.8. The Morgan fingerprint density at radius 3 is 0.692 bits per heavy atom. The molecule has 0 aromatic heterocycles. The van der Waals surface area contributed by atoms with Crippen molar-refractivity contribution in [2.75, 3.05) is 0 Å².